The first-order valence-corrected chi connectivity index (χ1v) is 9.18. The number of carbonyl (C=O) groups is 1. The minimum Gasteiger partial charge on any atom is -0.348 e. The van der Waals surface area contributed by atoms with Crippen LogP contribution in [-0.2, 0) is 13.0 Å². The van der Waals surface area contributed by atoms with Gasteiger partial charge in [0.2, 0.25) is 5.95 Å². The first-order valence-electron chi connectivity index (χ1n) is 9.18. The van der Waals surface area contributed by atoms with E-state index in [1.165, 1.54) is 6.07 Å². The molecule has 0 radical (unpaired) electrons. The van der Waals surface area contributed by atoms with Crippen LogP contribution < -0.4 is 10.5 Å². The monoisotopic (exact) mass is 373 g/mol. The summed E-state index contributed by atoms with van der Waals surface area (Å²) in [6.45, 7) is 3.92. The Hall–Kier alpha value is -2.68. The number of nitrogens with one attached hydrogen (secondary N) is 2. The van der Waals surface area contributed by atoms with Crippen LogP contribution in [-0.4, -0.2) is 76.1 Å². The number of anilines is 1. The summed E-state index contributed by atoms with van der Waals surface area (Å²) < 4.78 is 0. The quantitative estimate of drug-likeness (QED) is 0.763. The van der Waals surface area contributed by atoms with Gasteiger partial charge in [0.15, 0.2) is 0 Å². The van der Waals surface area contributed by atoms with E-state index in [-0.39, 0.29) is 17.5 Å². The van der Waals surface area contributed by atoms with Crippen LogP contribution in [0.3, 0.4) is 0 Å². The number of hydrogen-bond donors (Lipinski definition) is 2. The Morgan fingerprint density at radius 3 is 2.78 bits per heavy atom. The number of likely N-dealkylation sites (N-methyl/N-ethyl adjacent to an activating group) is 1. The summed E-state index contributed by atoms with van der Waals surface area (Å²) in [6.07, 6.45) is 1.71. The lowest BCUT2D eigenvalue weighted by atomic mass is 10.2. The van der Waals surface area contributed by atoms with E-state index in [0.29, 0.717) is 31.3 Å². The van der Waals surface area contributed by atoms with Crippen molar-refractivity contribution in [2.24, 2.45) is 0 Å². The molecule has 9 heteroatoms. The Balaban J connectivity index is 1.63. The van der Waals surface area contributed by atoms with Crippen molar-refractivity contribution in [2.45, 2.75) is 32.4 Å². The number of aromatic amines is 2. The lowest BCUT2D eigenvalue weighted by molar-refractivity contribution is 0.0773. The van der Waals surface area contributed by atoms with Crippen LogP contribution in [0.15, 0.2) is 16.9 Å². The van der Waals surface area contributed by atoms with Crippen LogP contribution in [0.25, 0.3) is 0 Å². The third-order valence-corrected chi connectivity index (χ3v) is 4.92. The van der Waals surface area contributed by atoms with Gasteiger partial charge in [-0.2, -0.15) is 5.10 Å². The predicted molar refractivity (Wildman–Crippen MR) is 103 cm³/mol. The normalized spacial score (nSPS) is 16.9. The molecule has 1 aliphatic rings. The van der Waals surface area contributed by atoms with E-state index in [9.17, 15) is 9.59 Å². The van der Waals surface area contributed by atoms with Gasteiger partial charge < -0.3 is 9.80 Å². The molecule has 1 fully saturated rings. The second-order valence-corrected chi connectivity index (χ2v) is 7.20. The SMILES string of the molecule is CCc1cc(C(=O)N2CC[C@@H](N(C)Cc3cc(=O)[nH]c(N(C)C)n3)C2)n[nH]1. The van der Waals surface area contributed by atoms with E-state index in [4.69, 9.17) is 0 Å². The van der Waals surface area contributed by atoms with E-state index in [0.717, 1.165) is 24.2 Å². The Bertz CT molecular complexity index is 857. The topological polar surface area (TPSA) is 101 Å². The molecule has 0 aromatic carbocycles. The van der Waals surface area contributed by atoms with E-state index < -0.39 is 0 Å². The number of nitrogens with zero attached hydrogens (tertiary/aromatic N) is 5. The molecule has 2 aromatic heterocycles. The summed E-state index contributed by atoms with van der Waals surface area (Å²) in [4.78, 5) is 37.4. The standard InChI is InChI=1S/C18H27N7O2/c1-5-12-8-15(22-21-12)17(27)25-7-6-14(11-25)24(4)10-13-9-16(26)20-18(19-13)23(2)3/h8-9,14H,5-7,10-11H2,1-4H3,(H,21,22)(H,19,20,26)/t14-/m1/s1. The maximum Gasteiger partial charge on any atom is 0.274 e. The Kier molecular flexibility index (Phi) is 5.59. The number of hydrogen-bond acceptors (Lipinski definition) is 6. The second-order valence-electron chi connectivity index (χ2n) is 7.20. The predicted octanol–water partition coefficient (Wildman–Crippen LogP) is 0.468. The van der Waals surface area contributed by atoms with Gasteiger partial charge in [-0.25, -0.2) is 4.98 Å². The van der Waals surface area contributed by atoms with Crippen LogP contribution in [0.1, 0.15) is 35.2 Å². The minimum atomic E-state index is -0.161. The van der Waals surface area contributed by atoms with Gasteiger partial charge in [-0.05, 0) is 26.0 Å². The number of likely N-dealkylation sites (tertiary alicyclic amines) is 1. The van der Waals surface area contributed by atoms with Crippen LogP contribution in [0.2, 0.25) is 0 Å². The highest BCUT2D eigenvalue weighted by Gasteiger charge is 2.30. The molecule has 1 amide bonds. The summed E-state index contributed by atoms with van der Waals surface area (Å²) >= 11 is 0. The van der Waals surface area contributed by atoms with Crippen molar-refractivity contribution in [2.75, 3.05) is 39.1 Å². The lowest BCUT2D eigenvalue weighted by Gasteiger charge is -2.24. The van der Waals surface area contributed by atoms with Gasteiger partial charge in [0.25, 0.3) is 11.5 Å². The van der Waals surface area contributed by atoms with Crippen molar-refractivity contribution >= 4 is 11.9 Å². The average molecular weight is 373 g/mol. The molecule has 0 aliphatic carbocycles. The number of aromatic nitrogens is 4. The fraction of sp³-hybridized carbons (Fsp3) is 0.556. The van der Waals surface area contributed by atoms with Gasteiger partial charge in [0.05, 0.1) is 5.69 Å². The van der Waals surface area contributed by atoms with Crippen LogP contribution in [0, 0.1) is 0 Å². The highest BCUT2D eigenvalue weighted by molar-refractivity contribution is 5.92. The smallest absolute Gasteiger partial charge is 0.274 e. The third-order valence-electron chi connectivity index (χ3n) is 4.92. The van der Waals surface area contributed by atoms with Crippen LogP contribution >= 0.6 is 0 Å². The van der Waals surface area contributed by atoms with Gasteiger partial charge in [0, 0.05) is 51.5 Å². The van der Waals surface area contributed by atoms with Gasteiger partial charge in [0.1, 0.15) is 5.69 Å². The van der Waals surface area contributed by atoms with E-state index in [2.05, 4.69) is 25.1 Å². The molecule has 3 heterocycles. The Labute approximate surface area is 158 Å². The van der Waals surface area contributed by atoms with Crippen molar-refractivity contribution in [3.8, 4) is 0 Å². The van der Waals surface area contributed by atoms with E-state index >= 15 is 0 Å². The first kappa shape index (κ1) is 19.1. The van der Waals surface area contributed by atoms with Crippen molar-refractivity contribution in [3.05, 3.63) is 39.6 Å². The molecule has 1 atom stereocenters. The number of H-pyrrole nitrogens is 2. The summed E-state index contributed by atoms with van der Waals surface area (Å²) in [5.41, 5.74) is 1.99. The minimum absolute atomic E-state index is 0.0361. The number of rotatable bonds is 6. The fourth-order valence-electron chi connectivity index (χ4n) is 3.27. The molecule has 2 aromatic rings. The van der Waals surface area contributed by atoms with Gasteiger partial charge >= 0.3 is 0 Å². The molecule has 0 unspecified atom stereocenters. The van der Waals surface area contributed by atoms with Gasteiger partial charge in [-0.3, -0.25) is 24.6 Å². The third kappa shape index (κ3) is 4.36. The van der Waals surface area contributed by atoms with E-state index in [1.807, 2.05) is 39.0 Å². The molecular weight excluding hydrogens is 346 g/mol. The molecule has 2 N–H and O–H groups in total. The molecule has 146 valence electrons. The molecule has 27 heavy (non-hydrogen) atoms. The fourth-order valence-corrected chi connectivity index (χ4v) is 3.27. The molecule has 1 saturated heterocycles. The highest BCUT2D eigenvalue weighted by Crippen LogP contribution is 2.18. The van der Waals surface area contributed by atoms with Crippen LogP contribution in [0.4, 0.5) is 5.95 Å². The summed E-state index contributed by atoms with van der Waals surface area (Å²) in [5.74, 6) is 0.505. The van der Waals surface area contributed by atoms with Gasteiger partial charge in [-0.1, -0.05) is 6.92 Å². The molecular formula is C18H27N7O2. The molecule has 0 bridgehead atoms. The van der Waals surface area contributed by atoms with Crippen molar-refractivity contribution in [3.63, 3.8) is 0 Å². The van der Waals surface area contributed by atoms with Crippen molar-refractivity contribution in [1.82, 2.24) is 30.0 Å². The molecule has 3 rings (SSSR count). The molecule has 9 nitrogen and oxygen atoms in total. The number of carbonyl (C=O) groups excluding carboxylic acids is 1. The van der Waals surface area contributed by atoms with Crippen LogP contribution in [0.5, 0.6) is 0 Å². The number of amides is 1. The van der Waals surface area contributed by atoms with Crippen molar-refractivity contribution < 1.29 is 4.79 Å². The zero-order valence-electron chi connectivity index (χ0n) is 16.3. The lowest BCUT2D eigenvalue weighted by Crippen LogP contribution is -2.36. The molecule has 1 aliphatic heterocycles. The Morgan fingerprint density at radius 1 is 1.33 bits per heavy atom. The maximum atomic E-state index is 12.6. The zero-order valence-corrected chi connectivity index (χ0v) is 16.3. The van der Waals surface area contributed by atoms with Crippen molar-refractivity contribution in [1.29, 1.82) is 0 Å². The summed E-state index contributed by atoms with van der Waals surface area (Å²) in [6, 6.07) is 3.57. The Morgan fingerprint density at radius 2 is 2.11 bits per heavy atom. The maximum absolute atomic E-state index is 12.6. The molecule has 0 spiro atoms. The summed E-state index contributed by atoms with van der Waals surface area (Å²) in [7, 11) is 5.68. The first-order chi connectivity index (χ1) is 12.9. The largest absolute Gasteiger partial charge is 0.348 e. The van der Waals surface area contributed by atoms with E-state index in [1.54, 1.807) is 4.90 Å². The average Bonchev–Trinajstić information content (AvgIpc) is 3.30. The zero-order chi connectivity index (χ0) is 19.6. The van der Waals surface area contributed by atoms with Gasteiger partial charge in [-0.15, -0.1) is 0 Å². The highest BCUT2D eigenvalue weighted by atomic mass is 16.2. The number of aryl methyl sites for hydroxylation is 1. The summed E-state index contributed by atoms with van der Waals surface area (Å²) in [5, 5.41) is 7.02. The molecule has 0 saturated carbocycles. The second kappa shape index (κ2) is 7.91.